The van der Waals surface area contributed by atoms with E-state index in [0.29, 0.717) is 26.5 Å². The number of aromatic nitrogens is 3. The van der Waals surface area contributed by atoms with Crippen LogP contribution in [0.15, 0.2) is 36.8 Å². The van der Waals surface area contributed by atoms with Crippen molar-refractivity contribution in [2.45, 2.75) is 29.9 Å². The Bertz CT molecular complexity index is 1160. The summed E-state index contributed by atoms with van der Waals surface area (Å²) in [4.78, 5) is 18.9. The van der Waals surface area contributed by atoms with Crippen LogP contribution in [0.2, 0.25) is 0 Å². The number of non-ortho nitro benzene ring substituents is 1. The first-order chi connectivity index (χ1) is 14.9. The summed E-state index contributed by atoms with van der Waals surface area (Å²) in [5.41, 5.74) is 1.60. The van der Waals surface area contributed by atoms with Gasteiger partial charge in [0.25, 0.3) is 0 Å². The van der Waals surface area contributed by atoms with E-state index in [4.69, 9.17) is 4.74 Å². The molecule has 0 aliphatic carbocycles. The zero-order valence-electron chi connectivity index (χ0n) is 15.9. The van der Waals surface area contributed by atoms with Crippen LogP contribution in [0.5, 0.6) is 0 Å². The molecule has 3 heterocycles. The summed E-state index contributed by atoms with van der Waals surface area (Å²) in [6.07, 6.45) is -1.69. The van der Waals surface area contributed by atoms with Crippen molar-refractivity contribution < 1.29 is 25.0 Å². The van der Waals surface area contributed by atoms with Crippen LogP contribution in [0.1, 0.15) is 17.4 Å². The molecule has 4 atom stereocenters. The van der Waals surface area contributed by atoms with E-state index in [1.54, 1.807) is 12.1 Å². The third-order valence-electron chi connectivity index (χ3n) is 5.01. The first-order valence-electron chi connectivity index (χ1n) is 9.18. The molecule has 11 nitrogen and oxygen atoms in total. The van der Waals surface area contributed by atoms with Crippen LogP contribution in [-0.4, -0.2) is 74.7 Å². The van der Waals surface area contributed by atoms with Crippen LogP contribution in [0.3, 0.4) is 0 Å². The number of nitro benzene ring substituents is 1. The van der Waals surface area contributed by atoms with Crippen LogP contribution in [0.25, 0.3) is 11.0 Å². The summed E-state index contributed by atoms with van der Waals surface area (Å²) >= 11 is -0.211. The van der Waals surface area contributed by atoms with Crippen molar-refractivity contribution in [3.63, 3.8) is 0 Å². The summed E-state index contributed by atoms with van der Waals surface area (Å²) in [6, 6.07) is 8.37. The summed E-state index contributed by atoms with van der Waals surface area (Å²) in [5, 5.41) is 51.3. The minimum absolute atomic E-state index is 0.0167. The molecule has 2 aromatic heterocycles. The monoisotopic (exact) mass is 491 g/mol. The van der Waals surface area contributed by atoms with E-state index in [2.05, 4.69) is 16.0 Å². The fraction of sp³-hybridized carbons (Fsp3) is 0.316. The number of nitro groups is 1. The molecule has 1 aliphatic heterocycles. The molecule has 160 valence electrons. The van der Waals surface area contributed by atoms with Gasteiger partial charge in [-0.15, -0.1) is 0 Å². The van der Waals surface area contributed by atoms with Gasteiger partial charge in [0, 0.05) is 0 Å². The summed E-state index contributed by atoms with van der Waals surface area (Å²) < 4.78 is 7.72. The molecule has 12 heteroatoms. The second-order valence-corrected chi connectivity index (χ2v) is 8.90. The fourth-order valence-corrected chi connectivity index (χ4v) is 5.44. The molecule has 4 rings (SSSR count). The van der Waals surface area contributed by atoms with Crippen molar-refractivity contribution in [3.8, 4) is 6.07 Å². The number of ether oxygens (including phenoxy) is 1. The summed E-state index contributed by atoms with van der Waals surface area (Å²) in [7, 11) is 0. The Hall–Kier alpha value is -2.91. The molecule has 3 aromatic rings. The summed E-state index contributed by atoms with van der Waals surface area (Å²) in [5.74, 6) is 0. The molecule has 3 N–H and O–H groups in total. The number of nitriles is 1. The molecule has 1 saturated heterocycles. The van der Waals surface area contributed by atoms with Crippen LogP contribution in [-0.2, 0) is 10.1 Å². The average molecular weight is 490 g/mol. The van der Waals surface area contributed by atoms with Gasteiger partial charge in [0.2, 0.25) is 0 Å². The number of fused-ring (bicyclic) bond motifs is 1. The second-order valence-electron chi connectivity index (χ2n) is 6.88. The first kappa shape index (κ1) is 21.3. The molecule has 0 spiro atoms. The quantitative estimate of drug-likeness (QED) is 0.231. The molecule has 1 aromatic carbocycles. The van der Waals surface area contributed by atoms with E-state index in [1.807, 2.05) is 0 Å². The Morgan fingerprint density at radius 2 is 2.00 bits per heavy atom. The van der Waals surface area contributed by atoms with E-state index in [-0.39, 0.29) is 20.6 Å². The molecule has 31 heavy (non-hydrogen) atoms. The molecule has 0 amide bonds. The number of hydrogen-bond donors (Lipinski definition) is 3. The normalized spacial score (nSPS) is 23.2. The zero-order valence-corrected chi connectivity index (χ0v) is 17.6. The van der Waals surface area contributed by atoms with Gasteiger partial charge in [-0.1, -0.05) is 0 Å². The molecule has 0 saturated carbocycles. The van der Waals surface area contributed by atoms with Gasteiger partial charge in [0.05, 0.1) is 0 Å². The second kappa shape index (κ2) is 8.68. The van der Waals surface area contributed by atoms with Gasteiger partial charge in [-0.2, -0.15) is 0 Å². The van der Waals surface area contributed by atoms with Crippen LogP contribution in [0, 0.1) is 21.4 Å². The van der Waals surface area contributed by atoms with Gasteiger partial charge in [-0.3, -0.25) is 0 Å². The fourth-order valence-electron chi connectivity index (χ4n) is 3.42. The van der Waals surface area contributed by atoms with Crippen molar-refractivity contribution in [1.82, 2.24) is 14.5 Å². The average Bonchev–Trinajstić information content (AvgIpc) is 3.30. The number of hydrogen-bond acceptors (Lipinski definition) is 9. The molecule has 0 unspecified atom stereocenters. The van der Waals surface area contributed by atoms with E-state index < -0.39 is 36.1 Å². The van der Waals surface area contributed by atoms with Crippen molar-refractivity contribution in [1.29, 1.82) is 5.26 Å². The topological polar surface area (TPSA) is 168 Å². The number of rotatable bonds is 6. The Balaban J connectivity index is 1.65. The Kier molecular flexibility index (Phi) is 5.97. The first-order valence-corrected chi connectivity index (χ1v) is 11.3. The van der Waals surface area contributed by atoms with Gasteiger partial charge >= 0.3 is 182 Å². The Morgan fingerprint density at radius 3 is 2.61 bits per heavy atom. The number of aliphatic hydroxyl groups is 3. The molecule has 0 bridgehead atoms. The predicted molar refractivity (Wildman–Crippen MR) is 107 cm³/mol. The van der Waals surface area contributed by atoms with Crippen molar-refractivity contribution in [3.05, 3.63) is 58.0 Å². The van der Waals surface area contributed by atoms with Gasteiger partial charge in [0.15, 0.2) is 0 Å². The number of aliphatic hydroxyl groups excluding tert-OH is 3. The van der Waals surface area contributed by atoms with Gasteiger partial charge in [0.1, 0.15) is 0 Å². The molecule has 1 fully saturated rings. The Labute approximate surface area is 181 Å². The predicted octanol–water partition coefficient (Wildman–Crippen LogP) is -0.648. The standard InChI is InChI=1S/C19H17N5O6Se/c20-5-11-6-23(19-16(27)15(26)13(7-25)30-19)17-14(11)18(22-9-21-17)31-8-10-1-3-12(4-2-10)24(28)29/h1-4,6,9,13,15-16,19,25-27H,7-8H2/t13-,15-,16-,19-/m1/s1. The maximum absolute atomic E-state index is 10.8. The van der Waals surface area contributed by atoms with Gasteiger partial charge < -0.3 is 0 Å². The third kappa shape index (κ3) is 3.90. The SMILES string of the molecule is N#Cc1cn([C@@H]2O[C@H](CO)[C@@H](O)[C@H]2O)c2ncnc([Se]Cc3ccc([N+](=O)[O-])cc3)c12. The minimum atomic E-state index is -1.30. The van der Waals surface area contributed by atoms with Crippen LogP contribution < -0.4 is 4.59 Å². The van der Waals surface area contributed by atoms with Crippen LogP contribution >= 0.6 is 0 Å². The van der Waals surface area contributed by atoms with E-state index in [0.717, 1.165) is 5.56 Å². The maximum atomic E-state index is 10.8. The van der Waals surface area contributed by atoms with Crippen molar-refractivity contribution >= 4 is 36.3 Å². The molecule has 1 aliphatic rings. The van der Waals surface area contributed by atoms with E-state index in [9.17, 15) is 30.7 Å². The molecular weight excluding hydrogens is 473 g/mol. The summed E-state index contributed by atoms with van der Waals surface area (Å²) in [6.45, 7) is -0.461. The third-order valence-corrected chi connectivity index (χ3v) is 7.23. The van der Waals surface area contributed by atoms with Crippen LogP contribution in [0.4, 0.5) is 5.69 Å². The molecular formula is C19H17N5O6Se. The van der Waals surface area contributed by atoms with Crippen molar-refractivity contribution in [2.75, 3.05) is 6.61 Å². The Morgan fingerprint density at radius 1 is 1.26 bits per heavy atom. The van der Waals surface area contributed by atoms with E-state index in [1.165, 1.54) is 29.2 Å². The zero-order chi connectivity index (χ0) is 22.1. The number of benzene rings is 1. The molecule has 0 radical (unpaired) electrons. The number of nitrogens with zero attached hydrogens (tertiary/aromatic N) is 5. The van der Waals surface area contributed by atoms with Gasteiger partial charge in [-0.25, -0.2) is 0 Å². The van der Waals surface area contributed by atoms with E-state index >= 15 is 0 Å². The van der Waals surface area contributed by atoms with Crippen molar-refractivity contribution in [2.24, 2.45) is 0 Å². The van der Waals surface area contributed by atoms with Gasteiger partial charge in [-0.05, 0) is 0 Å².